The fourth-order valence-corrected chi connectivity index (χ4v) is 2.95. The number of fused-ring (bicyclic) bond motifs is 1. The predicted octanol–water partition coefficient (Wildman–Crippen LogP) is 5.48. The van der Waals surface area contributed by atoms with Gasteiger partial charge in [-0.2, -0.15) is 0 Å². The van der Waals surface area contributed by atoms with Crippen LogP contribution in [-0.4, -0.2) is 15.2 Å². The van der Waals surface area contributed by atoms with Crippen LogP contribution < -0.4 is 0 Å². The lowest BCUT2D eigenvalue weighted by Crippen LogP contribution is -1.83. The van der Waals surface area contributed by atoms with Gasteiger partial charge in [0.2, 0.25) is 0 Å². The minimum atomic E-state index is 0.191. The van der Waals surface area contributed by atoms with Crippen molar-refractivity contribution in [1.82, 2.24) is 4.98 Å². The van der Waals surface area contributed by atoms with Crippen LogP contribution in [0.4, 0.5) is 0 Å². The van der Waals surface area contributed by atoms with Crippen molar-refractivity contribution < 1.29 is 10.2 Å². The molecule has 0 aliphatic rings. The molecule has 3 heteroatoms. The normalized spacial score (nSPS) is 11.2. The molecule has 0 aliphatic heterocycles. The van der Waals surface area contributed by atoms with Gasteiger partial charge in [-0.25, -0.2) is 0 Å². The van der Waals surface area contributed by atoms with Crippen LogP contribution in [0.15, 0.2) is 79.0 Å². The molecule has 0 unspecified atom stereocenters. The molecule has 0 amide bonds. The van der Waals surface area contributed by atoms with Crippen LogP contribution in [0.2, 0.25) is 0 Å². The molecule has 0 atom stereocenters. The minimum Gasteiger partial charge on any atom is -0.508 e. The van der Waals surface area contributed by atoms with Crippen LogP contribution in [0.1, 0.15) is 11.1 Å². The number of phenols is 2. The average Bonchev–Trinajstić information content (AvgIpc) is 2.69. The van der Waals surface area contributed by atoms with Crippen molar-refractivity contribution in [2.24, 2.45) is 0 Å². The molecule has 0 bridgehead atoms. The van der Waals surface area contributed by atoms with E-state index in [2.05, 4.69) is 29.2 Å². The van der Waals surface area contributed by atoms with Crippen LogP contribution in [-0.2, 0) is 0 Å². The molecule has 0 saturated heterocycles. The van der Waals surface area contributed by atoms with Crippen molar-refractivity contribution in [2.75, 3.05) is 0 Å². The van der Waals surface area contributed by atoms with Crippen LogP contribution >= 0.6 is 0 Å². The summed E-state index contributed by atoms with van der Waals surface area (Å²) >= 11 is 0. The molecule has 126 valence electrons. The van der Waals surface area contributed by atoms with Crippen molar-refractivity contribution in [3.05, 3.63) is 90.1 Å². The summed E-state index contributed by atoms with van der Waals surface area (Å²) in [5, 5.41) is 20.2. The van der Waals surface area contributed by atoms with E-state index in [-0.39, 0.29) is 11.5 Å². The summed E-state index contributed by atoms with van der Waals surface area (Å²) in [7, 11) is 0. The molecule has 0 saturated carbocycles. The Morgan fingerprint density at radius 1 is 0.692 bits per heavy atom. The van der Waals surface area contributed by atoms with Crippen molar-refractivity contribution in [3.63, 3.8) is 0 Å². The largest absolute Gasteiger partial charge is 0.508 e. The molecule has 3 aromatic carbocycles. The molecular weight excluding hydrogens is 322 g/mol. The zero-order valence-electron chi connectivity index (χ0n) is 14.0. The first-order valence-corrected chi connectivity index (χ1v) is 8.35. The molecule has 0 spiro atoms. The number of aromatic hydroxyl groups is 2. The number of hydrogen-bond acceptors (Lipinski definition) is 3. The van der Waals surface area contributed by atoms with Gasteiger partial charge in [-0.15, -0.1) is 0 Å². The zero-order valence-corrected chi connectivity index (χ0v) is 14.0. The molecule has 4 aromatic rings. The maximum atomic E-state index is 9.93. The summed E-state index contributed by atoms with van der Waals surface area (Å²) in [6, 6.07) is 22.8. The Hall–Kier alpha value is -3.59. The first-order valence-electron chi connectivity index (χ1n) is 8.35. The van der Waals surface area contributed by atoms with Gasteiger partial charge in [0.1, 0.15) is 17.0 Å². The predicted molar refractivity (Wildman–Crippen MR) is 106 cm³/mol. The molecular formula is C23H17NO2. The molecule has 1 heterocycles. The van der Waals surface area contributed by atoms with Gasteiger partial charge in [-0.3, -0.25) is 4.98 Å². The van der Waals surface area contributed by atoms with E-state index in [4.69, 9.17) is 0 Å². The van der Waals surface area contributed by atoms with Crippen molar-refractivity contribution >= 4 is 23.1 Å². The summed E-state index contributed by atoms with van der Waals surface area (Å²) in [5.74, 6) is 0.458. The van der Waals surface area contributed by atoms with E-state index in [9.17, 15) is 10.2 Å². The quantitative estimate of drug-likeness (QED) is 0.486. The van der Waals surface area contributed by atoms with Crippen LogP contribution in [0, 0.1) is 0 Å². The first-order chi connectivity index (χ1) is 12.7. The third-order valence-electron chi connectivity index (χ3n) is 4.35. The van der Waals surface area contributed by atoms with Gasteiger partial charge in [-0.1, -0.05) is 60.7 Å². The highest BCUT2D eigenvalue weighted by atomic mass is 16.3. The van der Waals surface area contributed by atoms with Crippen LogP contribution in [0.5, 0.6) is 11.5 Å². The van der Waals surface area contributed by atoms with E-state index in [1.165, 1.54) is 0 Å². The average molecular weight is 339 g/mol. The van der Waals surface area contributed by atoms with E-state index >= 15 is 0 Å². The second-order valence-electron chi connectivity index (χ2n) is 6.08. The summed E-state index contributed by atoms with van der Waals surface area (Å²) < 4.78 is 0. The van der Waals surface area contributed by atoms with E-state index < -0.39 is 0 Å². The van der Waals surface area contributed by atoms with E-state index in [1.54, 1.807) is 24.4 Å². The van der Waals surface area contributed by atoms with Crippen molar-refractivity contribution in [1.29, 1.82) is 0 Å². The second-order valence-corrected chi connectivity index (χ2v) is 6.08. The van der Waals surface area contributed by atoms with Gasteiger partial charge in [0.15, 0.2) is 0 Å². The number of rotatable bonds is 3. The zero-order chi connectivity index (χ0) is 17.9. The molecule has 1 aromatic heterocycles. The van der Waals surface area contributed by atoms with Crippen molar-refractivity contribution in [2.45, 2.75) is 0 Å². The van der Waals surface area contributed by atoms with Gasteiger partial charge in [0.25, 0.3) is 0 Å². The smallest absolute Gasteiger partial charge is 0.141 e. The first kappa shape index (κ1) is 15.9. The Bertz CT molecular complexity index is 1080. The number of hydrogen-bond donors (Lipinski definition) is 2. The molecule has 0 radical (unpaired) electrons. The lowest BCUT2D eigenvalue weighted by molar-refractivity contribution is 0.475. The third kappa shape index (κ3) is 3.15. The molecule has 0 aliphatic carbocycles. The Balaban J connectivity index is 1.62. The summed E-state index contributed by atoms with van der Waals surface area (Å²) in [5.41, 5.74) is 4.86. The lowest BCUT2D eigenvalue weighted by Gasteiger charge is -2.04. The number of pyridine rings is 1. The van der Waals surface area contributed by atoms with E-state index in [0.717, 1.165) is 27.6 Å². The highest BCUT2D eigenvalue weighted by molar-refractivity contribution is 5.93. The molecule has 4 rings (SSSR count). The molecule has 26 heavy (non-hydrogen) atoms. The lowest BCUT2D eigenvalue weighted by atomic mass is 10.0. The maximum absolute atomic E-state index is 9.93. The highest BCUT2D eigenvalue weighted by Crippen LogP contribution is 2.27. The van der Waals surface area contributed by atoms with E-state index in [0.29, 0.717) is 5.52 Å². The Morgan fingerprint density at radius 2 is 1.38 bits per heavy atom. The second kappa shape index (κ2) is 6.73. The minimum absolute atomic E-state index is 0.191. The number of phenolic OH excluding ortho intramolecular Hbond substituents is 2. The van der Waals surface area contributed by atoms with E-state index in [1.807, 2.05) is 42.5 Å². The summed E-state index contributed by atoms with van der Waals surface area (Å²) in [6.45, 7) is 0. The topological polar surface area (TPSA) is 53.4 Å². The summed E-state index contributed by atoms with van der Waals surface area (Å²) in [6.07, 6.45) is 5.75. The van der Waals surface area contributed by atoms with Crippen LogP contribution in [0.25, 0.3) is 34.2 Å². The molecule has 0 fully saturated rings. The summed E-state index contributed by atoms with van der Waals surface area (Å²) in [4.78, 5) is 4.25. The number of aromatic nitrogens is 1. The fourth-order valence-electron chi connectivity index (χ4n) is 2.95. The highest BCUT2D eigenvalue weighted by Gasteiger charge is 2.03. The van der Waals surface area contributed by atoms with Crippen molar-refractivity contribution in [3.8, 4) is 22.6 Å². The van der Waals surface area contributed by atoms with Gasteiger partial charge in [-0.05, 0) is 46.5 Å². The maximum Gasteiger partial charge on any atom is 0.141 e. The van der Waals surface area contributed by atoms with Gasteiger partial charge in [0, 0.05) is 11.6 Å². The Morgan fingerprint density at radius 3 is 2.12 bits per heavy atom. The van der Waals surface area contributed by atoms with Gasteiger partial charge in [0.05, 0.1) is 0 Å². The molecule has 2 N–H and O–H groups in total. The Labute approximate surface area is 151 Å². The Kier molecular flexibility index (Phi) is 4.12. The molecule has 3 nitrogen and oxygen atoms in total. The van der Waals surface area contributed by atoms with Gasteiger partial charge < -0.3 is 10.2 Å². The SMILES string of the molecule is Oc1ccc(-c2ccc(/C=C/c3ccc(O)c4ncccc34)cc2)cc1. The third-order valence-corrected chi connectivity index (χ3v) is 4.35. The fraction of sp³-hybridized carbons (Fsp3) is 0. The monoisotopic (exact) mass is 339 g/mol. The number of benzene rings is 3. The van der Waals surface area contributed by atoms with Crippen LogP contribution in [0.3, 0.4) is 0 Å². The standard InChI is InChI=1S/C23H17NO2/c25-20-12-9-18(10-13-20)17-6-3-16(4-7-17)5-8-19-11-14-22(26)23-21(19)2-1-15-24-23/h1-15,25-26H/b8-5+. The number of nitrogens with zero attached hydrogens (tertiary/aromatic N) is 1. The van der Waals surface area contributed by atoms with Gasteiger partial charge >= 0.3 is 0 Å².